The van der Waals surface area contributed by atoms with Gasteiger partial charge in [0.15, 0.2) is 0 Å². The van der Waals surface area contributed by atoms with Crippen LogP contribution in [0.25, 0.3) is 5.57 Å². The Hall–Kier alpha value is -1.82. The van der Waals surface area contributed by atoms with Gasteiger partial charge in [0.2, 0.25) is 0 Å². The standard InChI is InChI=1S/C19H24BrNO4/c1-5-24-17(22)16-12-21(18(23)25-19(2,3)4)11-10-15(16)13-6-8-14(20)9-7-13/h6-9H,5,10-12H2,1-4H3. The second-order valence-corrected chi connectivity index (χ2v) is 7.75. The van der Waals surface area contributed by atoms with Crippen LogP contribution >= 0.6 is 15.9 Å². The van der Waals surface area contributed by atoms with Gasteiger partial charge in [0, 0.05) is 11.0 Å². The van der Waals surface area contributed by atoms with Crippen molar-refractivity contribution in [3.8, 4) is 0 Å². The zero-order chi connectivity index (χ0) is 18.6. The van der Waals surface area contributed by atoms with Crippen molar-refractivity contribution in [2.45, 2.75) is 39.7 Å². The molecule has 25 heavy (non-hydrogen) atoms. The van der Waals surface area contributed by atoms with Gasteiger partial charge in [-0.25, -0.2) is 9.59 Å². The number of esters is 1. The SMILES string of the molecule is CCOC(=O)C1=C(c2ccc(Br)cc2)CCN(C(=O)OC(C)(C)C)C1. The summed E-state index contributed by atoms with van der Waals surface area (Å²) < 4.78 is 11.6. The van der Waals surface area contributed by atoms with Crippen molar-refractivity contribution >= 4 is 33.6 Å². The number of hydrogen-bond donors (Lipinski definition) is 0. The molecular formula is C19H24BrNO4. The van der Waals surface area contributed by atoms with Crippen LogP contribution in [0.4, 0.5) is 4.79 Å². The largest absolute Gasteiger partial charge is 0.463 e. The van der Waals surface area contributed by atoms with Crippen molar-refractivity contribution < 1.29 is 19.1 Å². The Morgan fingerprint density at radius 3 is 2.40 bits per heavy atom. The van der Waals surface area contributed by atoms with E-state index < -0.39 is 11.7 Å². The number of rotatable bonds is 3. The van der Waals surface area contributed by atoms with Gasteiger partial charge >= 0.3 is 12.1 Å². The smallest absolute Gasteiger partial charge is 0.410 e. The lowest BCUT2D eigenvalue weighted by molar-refractivity contribution is -0.138. The maximum absolute atomic E-state index is 12.4. The van der Waals surface area contributed by atoms with Crippen LogP contribution in [0.5, 0.6) is 0 Å². The van der Waals surface area contributed by atoms with Crippen molar-refractivity contribution in [1.29, 1.82) is 0 Å². The second kappa shape index (κ2) is 8.04. The number of halogens is 1. The Kier molecular flexibility index (Phi) is 6.27. The van der Waals surface area contributed by atoms with Gasteiger partial charge in [-0.05, 0) is 57.4 Å². The van der Waals surface area contributed by atoms with E-state index in [0.29, 0.717) is 25.1 Å². The molecule has 2 rings (SSSR count). The molecule has 0 aromatic heterocycles. The summed E-state index contributed by atoms with van der Waals surface area (Å²) >= 11 is 3.42. The van der Waals surface area contributed by atoms with E-state index in [1.807, 2.05) is 45.0 Å². The predicted molar refractivity (Wildman–Crippen MR) is 100 cm³/mol. The van der Waals surface area contributed by atoms with E-state index in [1.165, 1.54) is 0 Å². The Balaban J connectivity index is 2.31. The van der Waals surface area contributed by atoms with Gasteiger partial charge in [-0.2, -0.15) is 0 Å². The molecule has 0 saturated carbocycles. The molecule has 0 fully saturated rings. The molecule has 136 valence electrons. The van der Waals surface area contributed by atoms with Gasteiger partial charge in [0.1, 0.15) is 5.60 Å². The molecule has 0 unspecified atom stereocenters. The van der Waals surface area contributed by atoms with E-state index in [1.54, 1.807) is 11.8 Å². The van der Waals surface area contributed by atoms with Crippen molar-refractivity contribution in [3.63, 3.8) is 0 Å². The molecule has 6 heteroatoms. The first-order valence-electron chi connectivity index (χ1n) is 8.34. The van der Waals surface area contributed by atoms with Crippen molar-refractivity contribution in [2.75, 3.05) is 19.7 Å². The Morgan fingerprint density at radius 2 is 1.84 bits per heavy atom. The van der Waals surface area contributed by atoms with E-state index in [0.717, 1.165) is 15.6 Å². The number of ether oxygens (including phenoxy) is 2. The fraction of sp³-hybridized carbons (Fsp3) is 0.474. The molecule has 1 aliphatic heterocycles. The third-order valence-electron chi connectivity index (χ3n) is 3.71. The fourth-order valence-electron chi connectivity index (χ4n) is 2.62. The minimum atomic E-state index is -0.573. The number of amides is 1. The second-order valence-electron chi connectivity index (χ2n) is 6.84. The molecule has 0 aliphatic carbocycles. The lowest BCUT2D eigenvalue weighted by Crippen LogP contribution is -2.42. The molecule has 1 aromatic carbocycles. The molecule has 1 aliphatic rings. The highest BCUT2D eigenvalue weighted by molar-refractivity contribution is 9.10. The van der Waals surface area contributed by atoms with E-state index in [-0.39, 0.29) is 12.5 Å². The van der Waals surface area contributed by atoms with Crippen molar-refractivity contribution in [3.05, 3.63) is 39.9 Å². The highest BCUT2D eigenvalue weighted by Crippen LogP contribution is 2.30. The predicted octanol–water partition coefficient (Wildman–Crippen LogP) is 4.41. The Bertz CT molecular complexity index is 674. The van der Waals surface area contributed by atoms with Crippen LogP contribution in [0.3, 0.4) is 0 Å². The van der Waals surface area contributed by atoms with Crippen LogP contribution in [0.2, 0.25) is 0 Å². The molecule has 0 bridgehead atoms. The molecule has 1 heterocycles. The highest BCUT2D eigenvalue weighted by atomic mass is 79.9. The Labute approximate surface area is 157 Å². The fourth-order valence-corrected chi connectivity index (χ4v) is 2.89. The lowest BCUT2D eigenvalue weighted by Gasteiger charge is -2.32. The van der Waals surface area contributed by atoms with Crippen LogP contribution in [0.1, 0.15) is 39.7 Å². The van der Waals surface area contributed by atoms with Crippen molar-refractivity contribution in [1.82, 2.24) is 4.90 Å². The number of hydrogen-bond acceptors (Lipinski definition) is 4. The van der Waals surface area contributed by atoms with Crippen LogP contribution < -0.4 is 0 Å². The highest BCUT2D eigenvalue weighted by Gasteiger charge is 2.30. The topological polar surface area (TPSA) is 55.8 Å². The van der Waals surface area contributed by atoms with E-state index in [2.05, 4.69) is 15.9 Å². The third-order valence-corrected chi connectivity index (χ3v) is 4.24. The van der Waals surface area contributed by atoms with Crippen LogP contribution in [-0.2, 0) is 14.3 Å². The molecule has 0 N–H and O–H groups in total. The van der Waals surface area contributed by atoms with Gasteiger partial charge in [-0.15, -0.1) is 0 Å². The molecule has 0 spiro atoms. The molecule has 0 atom stereocenters. The van der Waals surface area contributed by atoms with E-state index in [4.69, 9.17) is 9.47 Å². The summed E-state index contributed by atoms with van der Waals surface area (Å²) in [6.45, 7) is 8.23. The molecule has 1 aromatic rings. The zero-order valence-electron chi connectivity index (χ0n) is 15.1. The molecule has 0 radical (unpaired) electrons. The molecular weight excluding hydrogens is 386 g/mol. The van der Waals surface area contributed by atoms with E-state index >= 15 is 0 Å². The average Bonchev–Trinajstić information content (AvgIpc) is 2.54. The van der Waals surface area contributed by atoms with E-state index in [9.17, 15) is 9.59 Å². The summed E-state index contributed by atoms with van der Waals surface area (Å²) in [4.78, 5) is 26.3. The zero-order valence-corrected chi connectivity index (χ0v) is 16.7. The van der Waals surface area contributed by atoms with Gasteiger partial charge < -0.3 is 14.4 Å². The summed E-state index contributed by atoms with van der Waals surface area (Å²) in [6.07, 6.45) is 0.166. The monoisotopic (exact) mass is 409 g/mol. The van der Waals surface area contributed by atoms with Crippen LogP contribution in [0, 0.1) is 0 Å². The first-order valence-corrected chi connectivity index (χ1v) is 9.13. The van der Waals surface area contributed by atoms with Crippen molar-refractivity contribution in [2.24, 2.45) is 0 Å². The maximum atomic E-state index is 12.4. The minimum Gasteiger partial charge on any atom is -0.463 e. The number of carbonyl (C=O) groups is 2. The van der Waals surface area contributed by atoms with Crippen LogP contribution in [-0.4, -0.2) is 42.3 Å². The average molecular weight is 410 g/mol. The first-order chi connectivity index (χ1) is 11.7. The first kappa shape index (κ1) is 19.5. The Morgan fingerprint density at radius 1 is 1.20 bits per heavy atom. The van der Waals surface area contributed by atoms with Gasteiger partial charge in [0.05, 0.1) is 18.7 Å². The summed E-state index contributed by atoms with van der Waals surface area (Å²) in [6, 6.07) is 7.79. The number of carbonyl (C=O) groups excluding carboxylic acids is 2. The molecule has 1 amide bonds. The lowest BCUT2D eigenvalue weighted by atomic mass is 9.93. The van der Waals surface area contributed by atoms with Gasteiger partial charge in [-0.3, -0.25) is 0 Å². The van der Waals surface area contributed by atoms with Gasteiger partial charge in [0.25, 0.3) is 0 Å². The molecule has 5 nitrogen and oxygen atoms in total. The summed E-state index contributed by atoms with van der Waals surface area (Å²) in [5.74, 6) is -0.381. The number of benzene rings is 1. The van der Waals surface area contributed by atoms with Gasteiger partial charge in [-0.1, -0.05) is 28.1 Å². The third kappa shape index (κ3) is 5.33. The maximum Gasteiger partial charge on any atom is 0.410 e. The summed E-state index contributed by atoms with van der Waals surface area (Å²) in [7, 11) is 0. The quantitative estimate of drug-likeness (QED) is 0.693. The summed E-state index contributed by atoms with van der Waals surface area (Å²) in [5, 5.41) is 0. The number of nitrogens with zero attached hydrogens (tertiary/aromatic N) is 1. The minimum absolute atomic E-state index is 0.194. The van der Waals surface area contributed by atoms with Crippen LogP contribution in [0.15, 0.2) is 34.3 Å². The normalized spacial score (nSPS) is 15.2. The summed E-state index contributed by atoms with van der Waals surface area (Å²) in [5.41, 5.74) is 1.83. The molecule has 0 saturated heterocycles.